The Hall–Kier alpha value is -0.700. The Balaban J connectivity index is 3.01. The van der Waals surface area contributed by atoms with E-state index in [0.717, 1.165) is 17.6 Å². The lowest BCUT2D eigenvalue weighted by atomic mass is 10.1. The molecule has 0 heterocycles. The van der Waals surface area contributed by atoms with Crippen LogP contribution in [0, 0.1) is 0 Å². The summed E-state index contributed by atoms with van der Waals surface area (Å²) in [5.74, 6) is 0.972. The number of benzene rings is 1. The van der Waals surface area contributed by atoms with Crippen LogP contribution in [-0.2, 0) is 6.42 Å². The van der Waals surface area contributed by atoms with Crippen molar-refractivity contribution in [2.24, 2.45) is 0 Å². The third kappa shape index (κ3) is 2.41. The molecule has 0 N–H and O–H groups in total. The molecule has 0 aliphatic rings. The van der Waals surface area contributed by atoms with Crippen molar-refractivity contribution >= 4 is 21.6 Å². The molecule has 1 aromatic rings. The first kappa shape index (κ1) is 11.4. The lowest BCUT2D eigenvalue weighted by Gasteiger charge is -2.17. The van der Waals surface area contributed by atoms with E-state index in [2.05, 4.69) is 46.9 Å². The molecule has 0 radical (unpaired) electrons. The number of hydrogen-bond donors (Lipinski definition) is 0. The van der Waals surface area contributed by atoms with Crippen LogP contribution in [0.5, 0.6) is 5.75 Å². The highest BCUT2D eigenvalue weighted by Gasteiger charge is 2.04. The van der Waals surface area contributed by atoms with E-state index in [9.17, 15) is 0 Å². The van der Waals surface area contributed by atoms with Gasteiger partial charge in [0.25, 0.3) is 0 Å². The molecule has 0 atom stereocenters. The van der Waals surface area contributed by atoms with Gasteiger partial charge in [0, 0.05) is 12.7 Å². The van der Waals surface area contributed by atoms with Gasteiger partial charge in [-0.25, -0.2) is 0 Å². The number of halogens is 1. The van der Waals surface area contributed by atoms with Crippen molar-refractivity contribution in [1.29, 1.82) is 0 Å². The summed E-state index contributed by atoms with van der Waals surface area (Å²) in [4.78, 5) is 2.14. The number of methoxy groups -OCH3 is 1. The quantitative estimate of drug-likeness (QED) is 0.608. The second kappa shape index (κ2) is 5.25. The Bertz CT molecular complexity index is 301. The minimum absolute atomic E-state index is 0.836. The van der Waals surface area contributed by atoms with Crippen molar-refractivity contribution in [3.05, 3.63) is 23.8 Å². The topological polar surface area (TPSA) is 12.5 Å². The zero-order valence-corrected chi connectivity index (χ0v) is 10.5. The molecule has 1 aromatic carbocycles. The van der Waals surface area contributed by atoms with Gasteiger partial charge in [0.2, 0.25) is 0 Å². The van der Waals surface area contributed by atoms with E-state index in [0.29, 0.717) is 0 Å². The first-order valence-electron chi connectivity index (χ1n) is 4.67. The molecule has 14 heavy (non-hydrogen) atoms. The highest BCUT2D eigenvalue weighted by Crippen LogP contribution is 2.25. The lowest BCUT2D eigenvalue weighted by Crippen LogP contribution is -2.13. The summed E-state index contributed by atoms with van der Waals surface area (Å²) in [5, 5.41) is 0. The summed E-state index contributed by atoms with van der Waals surface area (Å²) in [6.07, 6.45) is 0.993. The van der Waals surface area contributed by atoms with Crippen molar-refractivity contribution in [2.75, 3.05) is 24.5 Å². The minimum Gasteiger partial charge on any atom is -0.496 e. The number of ether oxygens (including phenoxy) is 1. The Labute approximate surface area is 94.0 Å². The largest absolute Gasteiger partial charge is 0.496 e. The smallest absolute Gasteiger partial charge is 0.122 e. The maximum Gasteiger partial charge on any atom is 0.122 e. The first-order chi connectivity index (χ1) is 6.72. The summed E-state index contributed by atoms with van der Waals surface area (Å²) in [7, 11) is 3.76. The molecule has 2 nitrogen and oxygen atoms in total. The Kier molecular flexibility index (Phi) is 4.26. The first-order valence-corrected chi connectivity index (χ1v) is 5.79. The fraction of sp³-hybridized carbons (Fsp3) is 0.455. The maximum absolute atomic E-state index is 5.27. The van der Waals surface area contributed by atoms with E-state index in [1.54, 1.807) is 7.11 Å². The van der Waals surface area contributed by atoms with Crippen LogP contribution >= 0.6 is 15.9 Å². The van der Waals surface area contributed by atoms with Crippen LogP contribution in [0.1, 0.15) is 12.5 Å². The molecule has 0 unspecified atom stereocenters. The van der Waals surface area contributed by atoms with E-state index in [1.807, 2.05) is 6.07 Å². The minimum atomic E-state index is 0.836. The van der Waals surface area contributed by atoms with Gasteiger partial charge in [-0.15, -0.1) is 0 Å². The average molecular weight is 258 g/mol. The summed E-state index contributed by atoms with van der Waals surface area (Å²) in [5.41, 5.74) is 3.29. The fourth-order valence-corrected chi connectivity index (χ4v) is 1.64. The van der Waals surface area contributed by atoms with Gasteiger partial charge >= 0.3 is 0 Å². The fourth-order valence-electron chi connectivity index (χ4n) is 1.35. The third-order valence-electron chi connectivity index (χ3n) is 2.26. The van der Waals surface area contributed by atoms with Crippen molar-refractivity contribution in [3.63, 3.8) is 0 Å². The van der Waals surface area contributed by atoms with Crippen LogP contribution in [-0.4, -0.2) is 19.6 Å². The number of hydrogen-bond acceptors (Lipinski definition) is 2. The van der Waals surface area contributed by atoms with E-state index in [-0.39, 0.29) is 0 Å². The molecule has 0 saturated heterocycles. The molecule has 0 amide bonds. The highest BCUT2D eigenvalue weighted by molar-refractivity contribution is 9.09. The van der Waals surface area contributed by atoms with Gasteiger partial charge in [-0.05, 0) is 30.2 Å². The third-order valence-corrected chi connectivity index (χ3v) is 3.02. The molecule has 78 valence electrons. The van der Waals surface area contributed by atoms with E-state index in [4.69, 9.17) is 4.74 Å². The van der Waals surface area contributed by atoms with Gasteiger partial charge in [0.15, 0.2) is 0 Å². The van der Waals surface area contributed by atoms with Gasteiger partial charge in [0.05, 0.1) is 12.6 Å². The standard InChI is InChI=1S/C11H16BrNO/c1-4-9-7-10(13(2)8-12)5-6-11(9)14-3/h5-7H,4,8H2,1-3H3. The monoisotopic (exact) mass is 257 g/mol. The van der Waals surface area contributed by atoms with Crippen LogP contribution in [0.4, 0.5) is 5.69 Å². The average Bonchev–Trinajstić information content (AvgIpc) is 2.26. The molecule has 3 heteroatoms. The second-order valence-electron chi connectivity index (χ2n) is 3.17. The molecular formula is C11H16BrNO. The van der Waals surface area contributed by atoms with Crippen molar-refractivity contribution < 1.29 is 4.74 Å². The summed E-state index contributed by atoms with van der Waals surface area (Å²) in [6, 6.07) is 6.26. The Morgan fingerprint density at radius 3 is 2.64 bits per heavy atom. The zero-order valence-electron chi connectivity index (χ0n) is 8.88. The Morgan fingerprint density at radius 1 is 1.43 bits per heavy atom. The van der Waals surface area contributed by atoms with Crippen LogP contribution in [0.15, 0.2) is 18.2 Å². The molecule has 1 rings (SSSR count). The summed E-state index contributed by atoms with van der Waals surface area (Å²) >= 11 is 3.43. The number of rotatable bonds is 4. The SMILES string of the molecule is CCc1cc(N(C)CBr)ccc1OC. The molecule has 0 saturated carbocycles. The van der Waals surface area contributed by atoms with E-state index in [1.165, 1.54) is 11.3 Å². The Morgan fingerprint density at radius 2 is 2.14 bits per heavy atom. The predicted octanol–water partition coefficient (Wildman–Crippen LogP) is 3.05. The molecule has 0 bridgehead atoms. The molecular weight excluding hydrogens is 242 g/mol. The van der Waals surface area contributed by atoms with Crippen molar-refractivity contribution in [1.82, 2.24) is 0 Å². The molecule has 0 aliphatic carbocycles. The molecule has 0 aromatic heterocycles. The number of alkyl halides is 1. The normalized spacial score (nSPS) is 10.0. The zero-order chi connectivity index (χ0) is 10.6. The van der Waals surface area contributed by atoms with Gasteiger partial charge in [-0.1, -0.05) is 22.9 Å². The predicted molar refractivity (Wildman–Crippen MR) is 64.6 cm³/mol. The van der Waals surface area contributed by atoms with Gasteiger partial charge in [-0.2, -0.15) is 0 Å². The molecule has 0 fully saturated rings. The lowest BCUT2D eigenvalue weighted by molar-refractivity contribution is 0.410. The van der Waals surface area contributed by atoms with Crippen LogP contribution in [0.25, 0.3) is 0 Å². The molecule has 0 aliphatic heterocycles. The van der Waals surface area contributed by atoms with Crippen molar-refractivity contribution in [2.45, 2.75) is 13.3 Å². The van der Waals surface area contributed by atoms with E-state index >= 15 is 0 Å². The van der Waals surface area contributed by atoms with Crippen LogP contribution < -0.4 is 9.64 Å². The number of nitrogens with zero attached hydrogens (tertiary/aromatic N) is 1. The van der Waals surface area contributed by atoms with Gasteiger partial charge in [0.1, 0.15) is 5.75 Å². The van der Waals surface area contributed by atoms with Crippen LogP contribution in [0.2, 0.25) is 0 Å². The second-order valence-corrected chi connectivity index (χ2v) is 3.67. The van der Waals surface area contributed by atoms with Crippen LogP contribution in [0.3, 0.4) is 0 Å². The van der Waals surface area contributed by atoms with E-state index < -0.39 is 0 Å². The number of anilines is 1. The number of aryl methyl sites for hydroxylation is 1. The summed E-state index contributed by atoms with van der Waals surface area (Å²) in [6.45, 7) is 2.13. The van der Waals surface area contributed by atoms with Crippen molar-refractivity contribution in [3.8, 4) is 5.75 Å². The van der Waals surface area contributed by atoms with Gasteiger partial charge < -0.3 is 9.64 Å². The maximum atomic E-state index is 5.27. The van der Waals surface area contributed by atoms with Gasteiger partial charge in [-0.3, -0.25) is 0 Å². The highest BCUT2D eigenvalue weighted by atomic mass is 79.9. The molecule has 0 spiro atoms. The summed E-state index contributed by atoms with van der Waals surface area (Å²) < 4.78 is 5.27.